The number of nitrogens with one attached hydrogen (secondary N) is 1. The molecule has 0 aliphatic rings. The average Bonchev–Trinajstić information content (AvgIpc) is 2.11. The molecular weight excluding hydrogens is 259 g/mol. The number of carboxylic acids is 1. The number of rotatable bonds is 7. The minimum atomic E-state index is -4.56. The third kappa shape index (κ3) is 9.39. The summed E-state index contributed by atoms with van der Waals surface area (Å²) in [4.78, 5) is 32.8. The van der Waals surface area contributed by atoms with E-state index < -0.39 is 50.1 Å². The van der Waals surface area contributed by atoms with E-state index in [-0.39, 0.29) is 0 Å². The van der Waals surface area contributed by atoms with Crippen LogP contribution in [0.25, 0.3) is 0 Å². The molecule has 0 spiro atoms. The number of carbonyl (C=O) groups is 3. The maximum atomic E-state index is 11.8. The summed E-state index contributed by atoms with van der Waals surface area (Å²) in [5.41, 5.74) is 4.80. The summed E-state index contributed by atoms with van der Waals surface area (Å²) in [6.45, 7) is -3.40. The van der Waals surface area contributed by atoms with E-state index in [9.17, 15) is 27.6 Å². The molecule has 0 heterocycles. The van der Waals surface area contributed by atoms with Crippen molar-refractivity contribution < 1.29 is 32.7 Å². The number of nitrogens with two attached hydrogens (primary N) is 1. The van der Waals surface area contributed by atoms with E-state index in [1.807, 2.05) is 0 Å². The molecule has 0 rings (SSSR count). The van der Waals surface area contributed by atoms with Gasteiger partial charge >= 0.3 is 12.1 Å². The van der Waals surface area contributed by atoms with Crippen LogP contribution < -0.4 is 11.1 Å². The van der Waals surface area contributed by atoms with Crippen LogP contribution in [-0.2, 0) is 14.4 Å². The predicted molar refractivity (Wildman–Crippen MR) is 52.3 cm³/mol. The monoisotopic (exact) mass is 271 g/mol. The number of carbonyl (C=O) groups excluding carboxylic acids is 2. The van der Waals surface area contributed by atoms with E-state index in [1.54, 1.807) is 5.32 Å². The Morgan fingerprint density at radius 2 is 1.72 bits per heavy atom. The zero-order valence-electron chi connectivity index (χ0n) is 9.16. The van der Waals surface area contributed by atoms with Gasteiger partial charge < -0.3 is 16.2 Å². The van der Waals surface area contributed by atoms with Crippen LogP contribution in [0.15, 0.2) is 0 Å². The highest BCUT2D eigenvalue weighted by Crippen LogP contribution is 2.11. The lowest BCUT2D eigenvalue weighted by Crippen LogP contribution is -2.45. The van der Waals surface area contributed by atoms with Crippen molar-refractivity contribution in [1.29, 1.82) is 0 Å². The Morgan fingerprint density at radius 3 is 2.11 bits per heavy atom. The Labute approximate surface area is 99.7 Å². The molecule has 0 aromatic carbocycles. The Kier molecular flexibility index (Phi) is 6.09. The summed E-state index contributed by atoms with van der Waals surface area (Å²) >= 11 is 0. The summed E-state index contributed by atoms with van der Waals surface area (Å²) in [7, 11) is 0. The Balaban J connectivity index is 4.26. The lowest BCUT2D eigenvalue weighted by Gasteiger charge is -2.18. The van der Waals surface area contributed by atoms with Gasteiger partial charge in [-0.2, -0.15) is 13.2 Å². The first-order valence-electron chi connectivity index (χ1n) is 4.66. The molecule has 7 nitrogen and oxygen atoms in total. The van der Waals surface area contributed by atoms with Crippen LogP contribution in [-0.4, -0.2) is 60.1 Å². The van der Waals surface area contributed by atoms with Gasteiger partial charge in [-0.15, -0.1) is 0 Å². The molecular formula is C8H12F3N3O4. The number of alkyl halides is 3. The minimum absolute atomic E-state index is 0.536. The first kappa shape index (κ1) is 16.2. The topological polar surface area (TPSA) is 113 Å². The van der Waals surface area contributed by atoms with Crippen molar-refractivity contribution in [3.05, 3.63) is 0 Å². The number of hydrogen-bond acceptors (Lipinski definition) is 4. The fraction of sp³-hybridized carbons (Fsp3) is 0.625. The predicted octanol–water partition coefficient (Wildman–Crippen LogP) is -1.46. The number of hydrogen-bond donors (Lipinski definition) is 3. The normalized spacial score (nSPS) is 11.3. The molecule has 4 N–H and O–H groups in total. The van der Waals surface area contributed by atoms with E-state index in [0.717, 1.165) is 4.90 Å². The third-order valence-corrected chi connectivity index (χ3v) is 1.59. The van der Waals surface area contributed by atoms with E-state index in [0.29, 0.717) is 0 Å². The van der Waals surface area contributed by atoms with Crippen molar-refractivity contribution in [2.45, 2.75) is 6.18 Å². The Bertz CT molecular complexity index is 316. The van der Waals surface area contributed by atoms with Gasteiger partial charge in [0.15, 0.2) is 0 Å². The third-order valence-electron chi connectivity index (χ3n) is 1.59. The van der Waals surface area contributed by atoms with Crippen LogP contribution in [0.2, 0.25) is 0 Å². The molecule has 104 valence electrons. The molecule has 0 aromatic rings. The number of primary amides is 1. The van der Waals surface area contributed by atoms with E-state index >= 15 is 0 Å². The molecule has 0 fully saturated rings. The van der Waals surface area contributed by atoms with Gasteiger partial charge in [0, 0.05) is 0 Å². The number of nitrogens with zero attached hydrogens (tertiary/aromatic N) is 1. The molecule has 0 aromatic heterocycles. The van der Waals surface area contributed by atoms with E-state index in [4.69, 9.17) is 10.8 Å². The maximum absolute atomic E-state index is 11.8. The first-order valence-corrected chi connectivity index (χ1v) is 4.66. The molecule has 10 heteroatoms. The van der Waals surface area contributed by atoms with Crippen LogP contribution in [0.1, 0.15) is 0 Å². The van der Waals surface area contributed by atoms with Crippen molar-refractivity contribution in [1.82, 2.24) is 10.2 Å². The molecule has 0 aliphatic heterocycles. The Hall–Kier alpha value is -1.84. The van der Waals surface area contributed by atoms with E-state index in [2.05, 4.69) is 0 Å². The van der Waals surface area contributed by atoms with Gasteiger partial charge in [0.05, 0.1) is 19.6 Å². The lowest BCUT2D eigenvalue weighted by molar-refractivity contribution is -0.142. The molecule has 0 saturated carbocycles. The second-order valence-corrected chi connectivity index (χ2v) is 3.40. The standard InChI is InChI=1S/C8H12F3N3O4/c9-8(10,11)4-13-6(16)2-14(1-5(12)15)3-7(17)18/h1-4H2,(H2,12,15)(H,13,16)(H,17,18). The number of carboxylic acid groups (broad SMARTS) is 1. The fourth-order valence-electron chi connectivity index (χ4n) is 1.04. The fourth-order valence-corrected chi connectivity index (χ4v) is 1.04. The van der Waals surface area contributed by atoms with Gasteiger partial charge in [0.25, 0.3) is 0 Å². The molecule has 18 heavy (non-hydrogen) atoms. The molecule has 0 unspecified atom stereocenters. The van der Waals surface area contributed by atoms with Crippen LogP contribution in [0.4, 0.5) is 13.2 Å². The summed E-state index contributed by atoms with van der Waals surface area (Å²) < 4.78 is 35.3. The molecule has 0 saturated heterocycles. The van der Waals surface area contributed by atoms with Gasteiger partial charge in [0.1, 0.15) is 6.54 Å². The zero-order valence-corrected chi connectivity index (χ0v) is 9.16. The van der Waals surface area contributed by atoms with Crippen molar-refractivity contribution in [2.75, 3.05) is 26.2 Å². The highest BCUT2D eigenvalue weighted by molar-refractivity contribution is 5.81. The molecule has 2 amide bonds. The van der Waals surface area contributed by atoms with Crippen LogP contribution in [0, 0.1) is 0 Å². The van der Waals surface area contributed by atoms with Gasteiger partial charge in [-0.05, 0) is 0 Å². The molecule has 0 aliphatic carbocycles. The van der Waals surface area contributed by atoms with Crippen LogP contribution in [0.5, 0.6) is 0 Å². The first-order chi connectivity index (χ1) is 8.10. The lowest BCUT2D eigenvalue weighted by atomic mass is 10.4. The highest BCUT2D eigenvalue weighted by atomic mass is 19.4. The summed E-state index contributed by atoms with van der Waals surface area (Å²) in [5, 5.41) is 10.0. The van der Waals surface area contributed by atoms with Crippen LogP contribution in [0.3, 0.4) is 0 Å². The largest absolute Gasteiger partial charge is 0.480 e. The Morgan fingerprint density at radius 1 is 1.17 bits per heavy atom. The van der Waals surface area contributed by atoms with E-state index in [1.165, 1.54) is 0 Å². The van der Waals surface area contributed by atoms with Crippen molar-refractivity contribution in [3.63, 3.8) is 0 Å². The molecule has 0 atom stereocenters. The van der Waals surface area contributed by atoms with Gasteiger partial charge in [-0.25, -0.2) is 0 Å². The number of aliphatic carboxylic acids is 1. The summed E-state index contributed by atoms with van der Waals surface area (Å²) in [5.74, 6) is -3.27. The summed E-state index contributed by atoms with van der Waals surface area (Å²) in [6.07, 6.45) is -4.56. The number of halogens is 3. The van der Waals surface area contributed by atoms with Gasteiger partial charge in [-0.1, -0.05) is 0 Å². The van der Waals surface area contributed by atoms with Crippen molar-refractivity contribution in [3.8, 4) is 0 Å². The zero-order chi connectivity index (χ0) is 14.3. The maximum Gasteiger partial charge on any atom is 0.405 e. The number of amides is 2. The van der Waals surface area contributed by atoms with Gasteiger partial charge in [0.2, 0.25) is 11.8 Å². The SMILES string of the molecule is NC(=O)CN(CC(=O)O)CC(=O)NCC(F)(F)F. The quantitative estimate of drug-likeness (QED) is 0.523. The highest BCUT2D eigenvalue weighted by Gasteiger charge is 2.28. The molecule has 0 bridgehead atoms. The smallest absolute Gasteiger partial charge is 0.405 e. The second-order valence-electron chi connectivity index (χ2n) is 3.40. The average molecular weight is 271 g/mol. The molecule has 0 radical (unpaired) electrons. The van der Waals surface area contributed by atoms with Crippen LogP contribution >= 0.6 is 0 Å². The summed E-state index contributed by atoms with van der Waals surface area (Å²) in [6, 6.07) is 0. The second kappa shape index (κ2) is 6.79. The minimum Gasteiger partial charge on any atom is -0.480 e. The van der Waals surface area contributed by atoms with Gasteiger partial charge in [-0.3, -0.25) is 19.3 Å². The van der Waals surface area contributed by atoms with Crippen molar-refractivity contribution in [2.24, 2.45) is 5.73 Å². The van der Waals surface area contributed by atoms with Crippen molar-refractivity contribution >= 4 is 17.8 Å².